The molecule has 1 aromatic heterocycles. The number of carbonyl (C=O) groups is 1. The minimum atomic E-state index is -0.318. The zero-order valence-electron chi connectivity index (χ0n) is 9.15. The number of H-pyrrole nitrogens is 1. The Balaban J connectivity index is 2.01. The van der Waals surface area contributed by atoms with Gasteiger partial charge < -0.3 is 4.98 Å². The highest BCUT2D eigenvalue weighted by atomic mass is 35.5. The number of aromatic amines is 1. The van der Waals surface area contributed by atoms with E-state index in [2.05, 4.69) is 15.5 Å². The number of halogens is 2. The summed E-state index contributed by atoms with van der Waals surface area (Å²) in [6.07, 6.45) is 3.12. The molecule has 0 radical (unpaired) electrons. The van der Waals surface area contributed by atoms with Gasteiger partial charge in [0.2, 0.25) is 0 Å². The molecule has 1 aromatic carbocycles. The maximum Gasteiger partial charge on any atom is 0.287 e. The molecule has 0 aliphatic rings. The van der Waals surface area contributed by atoms with Gasteiger partial charge in [0.25, 0.3) is 5.91 Å². The van der Waals surface area contributed by atoms with Crippen LogP contribution in [0.3, 0.4) is 0 Å². The lowest BCUT2D eigenvalue weighted by molar-refractivity contribution is 0.0951. The van der Waals surface area contributed by atoms with Crippen LogP contribution in [0.5, 0.6) is 0 Å². The molecule has 0 saturated heterocycles. The number of rotatable bonds is 3. The van der Waals surface area contributed by atoms with Crippen LogP contribution < -0.4 is 5.43 Å². The molecule has 0 spiro atoms. The molecule has 0 aliphatic carbocycles. The van der Waals surface area contributed by atoms with E-state index >= 15 is 0 Å². The first kappa shape index (κ1) is 12.7. The topological polar surface area (TPSA) is 57.2 Å². The number of carbonyl (C=O) groups excluding carboxylic acids is 1. The molecule has 0 bridgehead atoms. The molecule has 1 amide bonds. The number of nitrogens with zero attached hydrogens (tertiary/aromatic N) is 1. The minimum Gasteiger partial charge on any atom is -0.357 e. The minimum absolute atomic E-state index is 0.318. The Kier molecular flexibility index (Phi) is 4.02. The summed E-state index contributed by atoms with van der Waals surface area (Å²) in [6, 6.07) is 8.41. The molecule has 92 valence electrons. The zero-order chi connectivity index (χ0) is 13.0. The van der Waals surface area contributed by atoms with Gasteiger partial charge in [-0.25, -0.2) is 5.43 Å². The quantitative estimate of drug-likeness (QED) is 0.659. The first-order chi connectivity index (χ1) is 8.66. The fraction of sp³-hybridized carbons (Fsp3) is 0. The van der Waals surface area contributed by atoms with Crippen LogP contribution in [-0.2, 0) is 0 Å². The van der Waals surface area contributed by atoms with E-state index in [1.165, 1.54) is 6.21 Å². The van der Waals surface area contributed by atoms with Gasteiger partial charge in [-0.05, 0) is 24.3 Å². The first-order valence-corrected chi connectivity index (χ1v) is 5.84. The average molecular weight is 282 g/mol. The van der Waals surface area contributed by atoms with Crippen LogP contribution in [0.15, 0.2) is 41.6 Å². The molecular weight excluding hydrogens is 273 g/mol. The highest BCUT2D eigenvalue weighted by Crippen LogP contribution is 2.19. The van der Waals surface area contributed by atoms with Gasteiger partial charge in [0.15, 0.2) is 0 Å². The van der Waals surface area contributed by atoms with E-state index in [0.717, 1.165) is 0 Å². The van der Waals surface area contributed by atoms with Crippen LogP contribution in [0.25, 0.3) is 0 Å². The van der Waals surface area contributed by atoms with Gasteiger partial charge in [0.1, 0.15) is 5.69 Å². The second kappa shape index (κ2) is 5.71. The van der Waals surface area contributed by atoms with Crippen molar-refractivity contribution in [2.24, 2.45) is 5.10 Å². The Bertz CT molecular complexity index is 579. The Morgan fingerprint density at radius 1 is 1.33 bits per heavy atom. The standard InChI is InChI=1S/C12H9Cl2N3O/c13-9-4-3-8(10(14)6-9)7-16-17-12(18)11-2-1-5-15-11/h1-7,15H,(H,17,18)/b16-7+. The lowest BCUT2D eigenvalue weighted by atomic mass is 10.2. The van der Waals surface area contributed by atoms with Crippen LogP contribution in [0.4, 0.5) is 0 Å². The largest absolute Gasteiger partial charge is 0.357 e. The molecule has 0 aliphatic heterocycles. The summed E-state index contributed by atoms with van der Waals surface area (Å²) < 4.78 is 0. The molecule has 2 N–H and O–H groups in total. The summed E-state index contributed by atoms with van der Waals surface area (Å²) in [5.41, 5.74) is 3.50. The van der Waals surface area contributed by atoms with Gasteiger partial charge in [0, 0.05) is 16.8 Å². The Labute approximate surface area is 114 Å². The summed E-state index contributed by atoms with van der Waals surface area (Å²) in [7, 11) is 0. The molecule has 0 unspecified atom stereocenters. The van der Waals surface area contributed by atoms with Crippen molar-refractivity contribution in [2.75, 3.05) is 0 Å². The van der Waals surface area contributed by atoms with Gasteiger partial charge in [-0.3, -0.25) is 4.79 Å². The van der Waals surface area contributed by atoms with Crippen LogP contribution >= 0.6 is 23.2 Å². The number of nitrogens with one attached hydrogen (secondary N) is 2. The summed E-state index contributed by atoms with van der Waals surface area (Å²) in [5, 5.41) is 4.84. The summed E-state index contributed by atoms with van der Waals surface area (Å²) in [6.45, 7) is 0. The van der Waals surface area contributed by atoms with Crippen molar-refractivity contribution in [2.45, 2.75) is 0 Å². The van der Waals surface area contributed by atoms with E-state index < -0.39 is 0 Å². The van der Waals surface area contributed by atoms with Crippen molar-refractivity contribution >= 4 is 35.3 Å². The highest BCUT2D eigenvalue weighted by molar-refractivity contribution is 6.36. The van der Waals surface area contributed by atoms with Crippen LogP contribution in [0, 0.1) is 0 Å². The Morgan fingerprint density at radius 2 is 2.17 bits per heavy atom. The number of hydrogen-bond donors (Lipinski definition) is 2. The third-order valence-electron chi connectivity index (χ3n) is 2.17. The smallest absolute Gasteiger partial charge is 0.287 e. The highest BCUT2D eigenvalue weighted by Gasteiger charge is 2.03. The van der Waals surface area contributed by atoms with E-state index in [9.17, 15) is 4.79 Å². The van der Waals surface area contributed by atoms with E-state index in [1.807, 2.05) is 0 Å². The lowest BCUT2D eigenvalue weighted by Crippen LogP contribution is -2.17. The fourth-order valence-corrected chi connectivity index (χ4v) is 1.76. The molecule has 4 nitrogen and oxygen atoms in total. The predicted molar refractivity (Wildman–Crippen MR) is 72.3 cm³/mol. The van der Waals surface area contributed by atoms with Crippen LogP contribution in [0.1, 0.15) is 16.1 Å². The van der Waals surface area contributed by atoms with E-state index in [-0.39, 0.29) is 5.91 Å². The monoisotopic (exact) mass is 281 g/mol. The zero-order valence-corrected chi connectivity index (χ0v) is 10.7. The van der Waals surface area contributed by atoms with E-state index in [4.69, 9.17) is 23.2 Å². The van der Waals surface area contributed by atoms with Crippen molar-refractivity contribution in [3.05, 3.63) is 57.8 Å². The maximum absolute atomic E-state index is 11.5. The first-order valence-electron chi connectivity index (χ1n) is 5.08. The number of hydrogen-bond acceptors (Lipinski definition) is 2. The number of amides is 1. The molecule has 2 rings (SSSR count). The van der Waals surface area contributed by atoms with Crippen LogP contribution in [-0.4, -0.2) is 17.1 Å². The van der Waals surface area contributed by atoms with Gasteiger partial charge in [-0.1, -0.05) is 29.3 Å². The van der Waals surface area contributed by atoms with Crippen molar-refractivity contribution in [3.63, 3.8) is 0 Å². The Morgan fingerprint density at radius 3 is 2.83 bits per heavy atom. The molecule has 1 heterocycles. The summed E-state index contributed by atoms with van der Waals surface area (Å²) in [5.74, 6) is -0.318. The second-order valence-electron chi connectivity index (χ2n) is 3.45. The predicted octanol–water partition coefficient (Wildman–Crippen LogP) is 3.09. The van der Waals surface area contributed by atoms with Gasteiger partial charge in [0.05, 0.1) is 11.2 Å². The molecule has 0 saturated carbocycles. The average Bonchev–Trinajstić information content (AvgIpc) is 2.85. The Hall–Kier alpha value is -1.78. The normalized spacial score (nSPS) is 10.8. The van der Waals surface area contributed by atoms with Crippen molar-refractivity contribution in [1.82, 2.24) is 10.4 Å². The maximum atomic E-state index is 11.5. The van der Waals surface area contributed by atoms with Crippen molar-refractivity contribution < 1.29 is 4.79 Å². The molecule has 0 fully saturated rings. The molecule has 18 heavy (non-hydrogen) atoms. The number of aromatic nitrogens is 1. The van der Waals surface area contributed by atoms with Crippen molar-refractivity contribution in [1.29, 1.82) is 0 Å². The molecule has 0 atom stereocenters. The third kappa shape index (κ3) is 3.12. The lowest BCUT2D eigenvalue weighted by Gasteiger charge is -1.99. The summed E-state index contributed by atoms with van der Waals surface area (Å²) in [4.78, 5) is 14.3. The number of benzene rings is 1. The number of hydrazone groups is 1. The molecular formula is C12H9Cl2N3O. The summed E-state index contributed by atoms with van der Waals surface area (Å²) >= 11 is 11.7. The van der Waals surface area contributed by atoms with Gasteiger partial charge in [-0.15, -0.1) is 0 Å². The molecule has 2 aromatic rings. The third-order valence-corrected chi connectivity index (χ3v) is 2.74. The SMILES string of the molecule is O=C(N/N=C/c1ccc(Cl)cc1Cl)c1ccc[nH]1. The molecule has 6 heteroatoms. The van der Waals surface area contributed by atoms with E-state index in [0.29, 0.717) is 21.3 Å². The van der Waals surface area contributed by atoms with E-state index in [1.54, 1.807) is 36.5 Å². The fourth-order valence-electron chi connectivity index (χ4n) is 1.30. The second-order valence-corrected chi connectivity index (χ2v) is 4.29. The van der Waals surface area contributed by atoms with Gasteiger partial charge >= 0.3 is 0 Å². The van der Waals surface area contributed by atoms with Crippen molar-refractivity contribution in [3.8, 4) is 0 Å². The van der Waals surface area contributed by atoms with Crippen LogP contribution in [0.2, 0.25) is 10.0 Å². The van der Waals surface area contributed by atoms with Gasteiger partial charge in [-0.2, -0.15) is 5.10 Å².